The molecule has 7 aromatic heterocycles. The highest BCUT2D eigenvalue weighted by Gasteiger charge is 2.19. The standard InChI is InChI=1S/C36H24N4O.C24H18N2.C12H7IN2O.C6H5I.C5H6N2O.CO2/c1-3-9-26(10-4-1)39(27-11-5-2-6-12-27)29-19-20-34-31(23-29)30-13-7-8-14-33(30)40(34)28-17-15-25(16-18-28)36-38-32-21-22-37-24-35(32)41-36;1-3-9-18(10-4-1)26(19-11-5-2-6-12-19)20-15-16-24-22(17-20)21-13-7-8-14-23(21)25-24;13-9-3-1-8(2-4-9)12-15-10-5-6-14-7-11(10)16-12;7-6-4-2-1-3-5-6;6-4-1-2-7-3-5(4)8;2-1-3/h1-24H;1-17,25H;1-7H;1-5H;1-3,8H,(H2,6,7);. The molecule has 17 heteroatoms. The average Bonchev–Trinajstić information content (AvgIpc) is 1.60. The summed E-state index contributed by atoms with van der Waals surface area (Å²) < 4.78 is 16.4. The SMILES string of the molecule is Ic1ccc(-c2nc3ccncc3o2)cc1.Ic1ccccc1.Nc1ccncc1O.O=C=O.c1ccc(N(c2ccccc2)c2ccc3[nH]c4ccccc4c3c2)cc1.c1ccc(N(c2ccccc2)c2ccc3c(c2)c2ccccc2n3-c2ccc(-c3nc4ccncc4o3)cc2)cc1. The first-order valence-electron chi connectivity index (χ1n) is 31.9. The molecule has 4 N–H and O–H groups in total. The maximum absolute atomic E-state index is 8.73. The minimum absolute atomic E-state index is 0.0347. The van der Waals surface area contributed by atoms with Crippen molar-refractivity contribution in [2.75, 3.05) is 15.5 Å². The molecule has 0 spiro atoms. The number of nitrogens with two attached hydrogens (primary N) is 1. The van der Waals surface area contributed by atoms with Gasteiger partial charge in [-0.05, 0) is 221 Å². The van der Waals surface area contributed by atoms with Gasteiger partial charge in [-0.2, -0.15) is 9.59 Å². The third kappa shape index (κ3) is 15.9. The van der Waals surface area contributed by atoms with Gasteiger partial charge in [0, 0.05) is 109 Å². The van der Waals surface area contributed by atoms with Gasteiger partial charge in [-0.3, -0.25) is 15.0 Å². The van der Waals surface area contributed by atoms with E-state index >= 15 is 0 Å². The van der Waals surface area contributed by atoms with Gasteiger partial charge >= 0.3 is 6.15 Å². The Kier molecular flexibility index (Phi) is 21.4. The van der Waals surface area contributed by atoms with Crippen LogP contribution in [0.15, 0.2) is 349 Å². The number of nitrogens with zero attached hydrogens (tertiary/aromatic N) is 8. The van der Waals surface area contributed by atoms with Crippen LogP contribution in [0.2, 0.25) is 0 Å². The number of pyridine rings is 3. The summed E-state index contributed by atoms with van der Waals surface area (Å²) in [6.07, 6.45) is 9.89. The van der Waals surface area contributed by atoms with Crippen LogP contribution in [0.25, 0.3) is 94.4 Å². The summed E-state index contributed by atoms with van der Waals surface area (Å²) >= 11 is 4.55. The second-order valence-electron chi connectivity index (χ2n) is 22.6. The van der Waals surface area contributed by atoms with Crippen LogP contribution in [-0.2, 0) is 9.59 Å². The van der Waals surface area contributed by atoms with Crippen molar-refractivity contribution in [3.63, 3.8) is 0 Å². The summed E-state index contributed by atoms with van der Waals surface area (Å²) in [5.41, 5.74) is 23.1. The second-order valence-corrected chi connectivity index (χ2v) is 25.1. The summed E-state index contributed by atoms with van der Waals surface area (Å²) in [5.74, 6) is 1.26. The van der Waals surface area contributed by atoms with E-state index in [1.165, 1.54) is 52.7 Å². The molecule has 0 radical (unpaired) electrons. The van der Waals surface area contributed by atoms with E-state index in [-0.39, 0.29) is 11.9 Å². The summed E-state index contributed by atoms with van der Waals surface area (Å²) in [4.78, 5) is 45.1. The lowest BCUT2D eigenvalue weighted by molar-refractivity contribution is -0.191. The topological polar surface area (TPSA) is 198 Å². The van der Waals surface area contributed by atoms with E-state index in [9.17, 15) is 0 Å². The van der Waals surface area contributed by atoms with Crippen LogP contribution < -0.4 is 15.5 Å². The number of nitrogens with one attached hydrogen (secondary N) is 1. The van der Waals surface area contributed by atoms with Crippen molar-refractivity contribution in [1.82, 2.24) is 34.5 Å². The first-order valence-corrected chi connectivity index (χ1v) is 34.0. The number of hydrogen-bond acceptors (Lipinski definition) is 13. The molecule has 101 heavy (non-hydrogen) atoms. The Morgan fingerprint density at radius 1 is 0.396 bits per heavy atom. The van der Waals surface area contributed by atoms with E-state index in [0.717, 1.165) is 84.1 Å². The molecular weight excluding hydrogens is 1480 g/mol. The Balaban J connectivity index is 0.000000129. The molecule has 0 aliphatic heterocycles. The molecule has 0 fully saturated rings. The predicted molar refractivity (Wildman–Crippen MR) is 421 cm³/mol. The summed E-state index contributed by atoms with van der Waals surface area (Å²) in [5, 5.41) is 13.6. The number of benzene rings is 11. The summed E-state index contributed by atoms with van der Waals surface area (Å²) in [6.45, 7) is 0. The van der Waals surface area contributed by atoms with Gasteiger partial charge in [0.15, 0.2) is 16.9 Å². The number of halogens is 2. The lowest BCUT2D eigenvalue weighted by atomic mass is 10.1. The van der Waals surface area contributed by atoms with Crippen molar-refractivity contribution in [3.8, 4) is 34.3 Å². The Morgan fingerprint density at radius 3 is 1.28 bits per heavy atom. The lowest BCUT2D eigenvalue weighted by Crippen LogP contribution is -2.09. The van der Waals surface area contributed by atoms with Crippen LogP contribution in [0.4, 0.5) is 39.8 Å². The largest absolute Gasteiger partial charge is 0.504 e. The third-order valence-corrected chi connectivity index (χ3v) is 17.6. The second kappa shape index (κ2) is 32.2. The van der Waals surface area contributed by atoms with Crippen molar-refractivity contribution >= 4 is 157 Å². The zero-order chi connectivity index (χ0) is 69.3. The highest BCUT2D eigenvalue weighted by Crippen LogP contribution is 2.41. The molecule has 18 rings (SSSR count). The fraction of sp³-hybridized carbons (Fsp3) is 0. The predicted octanol–water partition coefficient (Wildman–Crippen LogP) is 21.8. The molecule has 0 unspecified atom stereocenters. The van der Waals surface area contributed by atoms with Gasteiger partial charge in [-0.1, -0.05) is 127 Å². The van der Waals surface area contributed by atoms with E-state index in [2.05, 4.69) is 332 Å². The molecule has 490 valence electrons. The minimum atomic E-state index is 0.0347. The highest BCUT2D eigenvalue weighted by atomic mass is 127. The molecule has 0 saturated carbocycles. The number of aromatic nitrogens is 7. The monoisotopic (exact) mass is 1540 g/mol. The molecule has 18 aromatic rings. The Bertz CT molecular complexity index is 5590. The Morgan fingerprint density at radius 2 is 0.802 bits per heavy atom. The zero-order valence-electron chi connectivity index (χ0n) is 53.8. The van der Waals surface area contributed by atoms with Crippen LogP contribution >= 0.6 is 45.2 Å². The summed E-state index contributed by atoms with van der Waals surface area (Å²) in [7, 11) is 0. The normalized spacial score (nSPS) is 10.6. The number of H-pyrrole nitrogens is 1. The lowest BCUT2D eigenvalue weighted by Gasteiger charge is -2.25. The number of carbonyl (C=O) groups excluding carboxylic acids is 2. The van der Waals surface area contributed by atoms with E-state index in [1.54, 1.807) is 24.8 Å². The van der Waals surface area contributed by atoms with Gasteiger partial charge in [0.2, 0.25) is 11.8 Å². The number of oxazole rings is 2. The number of rotatable bonds is 9. The van der Waals surface area contributed by atoms with Crippen molar-refractivity contribution in [1.29, 1.82) is 0 Å². The number of hydrogen-bond donors (Lipinski definition) is 3. The minimum Gasteiger partial charge on any atom is -0.504 e. The molecule has 7 heterocycles. The van der Waals surface area contributed by atoms with Crippen LogP contribution in [0.1, 0.15) is 0 Å². The van der Waals surface area contributed by atoms with E-state index < -0.39 is 0 Å². The van der Waals surface area contributed by atoms with Gasteiger partial charge in [-0.15, -0.1) is 0 Å². The number of fused-ring (bicyclic) bond motifs is 8. The van der Waals surface area contributed by atoms with Gasteiger partial charge in [-0.25, -0.2) is 9.97 Å². The van der Waals surface area contributed by atoms with Crippen LogP contribution in [0.5, 0.6) is 5.75 Å². The van der Waals surface area contributed by atoms with Crippen molar-refractivity contribution < 1.29 is 23.5 Å². The number of aromatic amines is 1. The maximum Gasteiger partial charge on any atom is 0.373 e. The van der Waals surface area contributed by atoms with Crippen molar-refractivity contribution in [2.45, 2.75) is 0 Å². The number of aromatic hydroxyl groups is 1. The van der Waals surface area contributed by atoms with Crippen LogP contribution in [0, 0.1) is 7.14 Å². The number of nitrogen functional groups attached to an aromatic ring is 1. The molecule has 0 amide bonds. The molecule has 15 nitrogen and oxygen atoms in total. The summed E-state index contributed by atoms with van der Waals surface area (Å²) in [6, 6.07) is 104. The molecule has 0 saturated heterocycles. The Labute approximate surface area is 607 Å². The van der Waals surface area contributed by atoms with E-state index in [1.807, 2.05) is 54.6 Å². The van der Waals surface area contributed by atoms with Gasteiger partial charge < -0.3 is 39.0 Å². The average molecular weight is 1540 g/mol. The molecular formula is C84H60I2N10O5. The molecule has 0 aliphatic rings. The molecule has 0 aliphatic carbocycles. The molecule has 0 bridgehead atoms. The van der Waals surface area contributed by atoms with Gasteiger partial charge in [0.1, 0.15) is 11.0 Å². The quantitative estimate of drug-likeness (QED) is 0.115. The molecule has 11 aromatic carbocycles. The molecule has 0 atom stereocenters. The van der Waals surface area contributed by atoms with E-state index in [4.69, 9.17) is 29.3 Å². The highest BCUT2D eigenvalue weighted by molar-refractivity contribution is 14.1. The van der Waals surface area contributed by atoms with Crippen molar-refractivity contribution in [2.24, 2.45) is 0 Å². The van der Waals surface area contributed by atoms with Gasteiger partial charge in [0.25, 0.3) is 0 Å². The number of para-hydroxylation sites is 6. The van der Waals surface area contributed by atoms with Gasteiger partial charge in [0.05, 0.1) is 35.3 Å². The fourth-order valence-electron chi connectivity index (χ4n) is 11.5. The fourth-order valence-corrected chi connectivity index (χ4v) is 12.3. The smallest absolute Gasteiger partial charge is 0.373 e. The zero-order valence-corrected chi connectivity index (χ0v) is 58.1. The van der Waals surface area contributed by atoms with Crippen molar-refractivity contribution in [3.05, 3.63) is 348 Å². The van der Waals surface area contributed by atoms with Crippen LogP contribution in [0.3, 0.4) is 0 Å². The first kappa shape index (κ1) is 67.0. The number of anilines is 7. The Hall–Kier alpha value is -12.6. The van der Waals surface area contributed by atoms with Crippen LogP contribution in [-0.4, -0.2) is 45.7 Å². The first-order chi connectivity index (χ1) is 49.7. The van der Waals surface area contributed by atoms with E-state index in [0.29, 0.717) is 23.1 Å². The maximum atomic E-state index is 8.73. The third-order valence-electron chi connectivity index (χ3n) is 16.1.